The summed E-state index contributed by atoms with van der Waals surface area (Å²) in [4.78, 5) is 16.1. The third kappa shape index (κ3) is 2.56. The standard InChI is InChI=1S/C13H19N3O2/c1-15-5-7-16(8-6-15)10-3-4-12(14)11(9-10)13(17)18-2/h3-4,9H,5-8,14H2,1-2H3. The summed E-state index contributed by atoms with van der Waals surface area (Å²) >= 11 is 0. The van der Waals surface area contributed by atoms with Crippen LogP contribution in [0, 0.1) is 0 Å². The Kier molecular flexibility index (Phi) is 3.72. The molecule has 0 saturated carbocycles. The van der Waals surface area contributed by atoms with Crippen molar-refractivity contribution in [1.82, 2.24) is 4.90 Å². The maximum atomic E-state index is 11.6. The number of rotatable bonds is 2. The molecule has 1 aromatic rings. The number of carbonyl (C=O) groups excluding carboxylic acids is 1. The van der Waals surface area contributed by atoms with Crippen LogP contribution in [0.4, 0.5) is 11.4 Å². The van der Waals surface area contributed by atoms with Crippen LogP contribution in [-0.2, 0) is 4.74 Å². The van der Waals surface area contributed by atoms with Gasteiger partial charge < -0.3 is 20.3 Å². The van der Waals surface area contributed by atoms with Crippen molar-refractivity contribution < 1.29 is 9.53 Å². The molecule has 1 saturated heterocycles. The molecule has 0 radical (unpaired) electrons. The predicted molar refractivity (Wildman–Crippen MR) is 71.9 cm³/mol. The predicted octanol–water partition coefficient (Wildman–Crippen LogP) is 0.807. The van der Waals surface area contributed by atoms with Gasteiger partial charge in [0, 0.05) is 37.6 Å². The molecule has 0 aromatic heterocycles. The Balaban J connectivity index is 2.21. The molecule has 1 aromatic carbocycles. The third-order valence-corrected chi connectivity index (χ3v) is 3.31. The summed E-state index contributed by atoms with van der Waals surface area (Å²) in [6, 6.07) is 5.53. The highest BCUT2D eigenvalue weighted by molar-refractivity contribution is 5.96. The average molecular weight is 249 g/mol. The van der Waals surface area contributed by atoms with Gasteiger partial charge in [-0.05, 0) is 25.2 Å². The fraction of sp³-hybridized carbons (Fsp3) is 0.462. The van der Waals surface area contributed by atoms with Gasteiger partial charge in [0.05, 0.1) is 12.7 Å². The first-order chi connectivity index (χ1) is 8.61. The average Bonchev–Trinajstić information content (AvgIpc) is 2.39. The van der Waals surface area contributed by atoms with Crippen LogP contribution in [0.3, 0.4) is 0 Å². The van der Waals surface area contributed by atoms with Gasteiger partial charge in [0.15, 0.2) is 0 Å². The highest BCUT2D eigenvalue weighted by atomic mass is 16.5. The van der Waals surface area contributed by atoms with Gasteiger partial charge >= 0.3 is 5.97 Å². The number of ether oxygens (including phenoxy) is 1. The molecule has 0 atom stereocenters. The van der Waals surface area contributed by atoms with Crippen LogP contribution in [0.5, 0.6) is 0 Å². The molecule has 0 bridgehead atoms. The highest BCUT2D eigenvalue weighted by Gasteiger charge is 2.17. The van der Waals surface area contributed by atoms with Gasteiger partial charge in [0.2, 0.25) is 0 Å². The molecule has 0 aliphatic carbocycles. The molecule has 5 heteroatoms. The van der Waals surface area contributed by atoms with Crippen LogP contribution in [0.15, 0.2) is 18.2 Å². The maximum Gasteiger partial charge on any atom is 0.340 e. The zero-order chi connectivity index (χ0) is 13.1. The molecule has 2 N–H and O–H groups in total. The van der Waals surface area contributed by atoms with E-state index < -0.39 is 0 Å². The summed E-state index contributed by atoms with van der Waals surface area (Å²) in [5, 5.41) is 0. The Bertz CT molecular complexity index is 440. The van der Waals surface area contributed by atoms with Crippen molar-refractivity contribution >= 4 is 17.3 Å². The number of carbonyl (C=O) groups is 1. The molecule has 1 aliphatic rings. The maximum absolute atomic E-state index is 11.6. The zero-order valence-corrected chi connectivity index (χ0v) is 10.8. The molecule has 5 nitrogen and oxygen atoms in total. The Labute approximate surface area is 107 Å². The van der Waals surface area contributed by atoms with Crippen LogP contribution in [0.2, 0.25) is 0 Å². The minimum Gasteiger partial charge on any atom is -0.465 e. The first-order valence-corrected chi connectivity index (χ1v) is 6.03. The van der Waals surface area contributed by atoms with Crippen molar-refractivity contribution in [3.63, 3.8) is 0 Å². The van der Waals surface area contributed by atoms with Crippen molar-refractivity contribution in [3.8, 4) is 0 Å². The van der Waals surface area contributed by atoms with E-state index >= 15 is 0 Å². The van der Waals surface area contributed by atoms with E-state index in [1.807, 2.05) is 12.1 Å². The van der Waals surface area contributed by atoms with Crippen molar-refractivity contribution in [1.29, 1.82) is 0 Å². The lowest BCUT2D eigenvalue weighted by molar-refractivity contribution is 0.0602. The number of likely N-dealkylation sites (N-methyl/N-ethyl adjacent to an activating group) is 1. The van der Waals surface area contributed by atoms with Crippen LogP contribution >= 0.6 is 0 Å². The number of anilines is 2. The number of methoxy groups -OCH3 is 1. The number of hydrogen-bond donors (Lipinski definition) is 1. The highest BCUT2D eigenvalue weighted by Crippen LogP contribution is 2.22. The summed E-state index contributed by atoms with van der Waals surface area (Å²) in [5.74, 6) is -0.386. The lowest BCUT2D eigenvalue weighted by Crippen LogP contribution is -2.44. The van der Waals surface area contributed by atoms with Crippen LogP contribution in [0.25, 0.3) is 0 Å². The van der Waals surface area contributed by atoms with Crippen molar-refractivity contribution in [2.75, 3.05) is 51.0 Å². The SMILES string of the molecule is COC(=O)c1cc(N2CCN(C)CC2)ccc1N. The van der Waals surface area contributed by atoms with Gasteiger partial charge in [0.25, 0.3) is 0 Å². The second-order valence-corrected chi connectivity index (χ2v) is 4.55. The van der Waals surface area contributed by atoms with Crippen LogP contribution < -0.4 is 10.6 Å². The second kappa shape index (κ2) is 5.27. The molecule has 2 rings (SSSR count). The molecular weight excluding hydrogens is 230 g/mol. The topological polar surface area (TPSA) is 58.8 Å². The fourth-order valence-corrected chi connectivity index (χ4v) is 2.09. The minimum absolute atomic E-state index is 0.386. The van der Waals surface area contributed by atoms with Gasteiger partial charge in [-0.25, -0.2) is 4.79 Å². The zero-order valence-electron chi connectivity index (χ0n) is 10.8. The Morgan fingerprint density at radius 1 is 1.28 bits per heavy atom. The van der Waals surface area contributed by atoms with Gasteiger partial charge in [-0.3, -0.25) is 0 Å². The number of nitrogens with zero attached hydrogens (tertiary/aromatic N) is 2. The van der Waals surface area contributed by atoms with Gasteiger partial charge in [0.1, 0.15) is 0 Å². The van der Waals surface area contributed by atoms with Crippen molar-refractivity contribution in [3.05, 3.63) is 23.8 Å². The third-order valence-electron chi connectivity index (χ3n) is 3.31. The number of esters is 1. The molecule has 0 amide bonds. The summed E-state index contributed by atoms with van der Waals surface area (Å²) in [7, 11) is 3.48. The monoisotopic (exact) mass is 249 g/mol. The molecular formula is C13H19N3O2. The first kappa shape index (κ1) is 12.7. The molecule has 0 spiro atoms. The lowest BCUT2D eigenvalue weighted by Gasteiger charge is -2.34. The van der Waals surface area contributed by atoms with E-state index in [4.69, 9.17) is 10.5 Å². The van der Waals surface area contributed by atoms with Crippen molar-refractivity contribution in [2.45, 2.75) is 0 Å². The van der Waals surface area contributed by atoms with Crippen molar-refractivity contribution in [2.24, 2.45) is 0 Å². The molecule has 1 heterocycles. The Morgan fingerprint density at radius 3 is 2.56 bits per heavy atom. The molecule has 1 fully saturated rings. The number of nitrogens with two attached hydrogens (primary N) is 1. The Hall–Kier alpha value is -1.75. The molecule has 18 heavy (non-hydrogen) atoms. The molecule has 98 valence electrons. The number of nitrogen functional groups attached to an aromatic ring is 1. The van der Waals surface area contributed by atoms with Gasteiger partial charge in [-0.1, -0.05) is 0 Å². The van der Waals surface area contributed by atoms with Gasteiger partial charge in [-0.2, -0.15) is 0 Å². The van der Waals surface area contributed by atoms with E-state index in [-0.39, 0.29) is 5.97 Å². The summed E-state index contributed by atoms with van der Waals surface area (Å²) in [6.07, 6.45) is 0. The first-order valence-electron chi connectivity index (χ1n) is 6.03. The van der Waals surface area contributed by atoms with E-state index in [0.29, 0.717) is 11.3 Å². The van der Waals surface area contributed by atoms with E-state index in [0.717, 1.165) is 31.9 Å². The van der Waals surface area contributed by atoms with Gasteiger partial charge in [-0.15, -0.1) is 0 Å². The smallest absolute Gasteiger partial charge is 0.340 e. The molecule has 0 unspecified atom stereocenters. The Morgan fingerprint density at radius 2 is 1.94 bits per heavy atom. The summed E-state index contributed by atoms with van der Waals surface area (Å²) in [5.41, 5.74) is 7.71. The lowest BCUT2D eigenvalue weighted by atomic mass is 10.1. The number of piperazine rings is 1. The second-order valence-electron chi connectivity index (χ2n) is 4.55. The van der Waals surface area contributed by atoms with Crippen LogP contribution in [0.1, 0.15) is 10.4 Å². The molecule has 1 aliphatic heterocycles. The van der Waals surface area contributed by atoms with E-state index in [1.165, 1.54) is 7.11 Å². The number of hydrogen-bond acceptors (Lipinski definition) is 5. The number of benzene rings is 1. The summed E-state index contributed by atoms with van der Waals surface area (Å²) in [6.45, 7) is 3.97. The van der Waals surface area contributed by atoms with E-state index in [9.17, 15) is 4.79 Å². The fourth-order valence-electron chi connectivity index (χ4n) is 2.09. The van der Waals surface area contributed by atoms with Crippen LogP contribution in [-0.4, -0.2) is 51.2 Å². The quantitative estimate of drug-likeness (QED) is 0.621. The van der Waals surface area contributed by atoms with E-state index in [1.54, 1.807) is 6.07 Å². The largest absolute Gasteiger partial charge is 0.465 e. The normalized spacial score (nSPS) is 16.7. The van der Waals surface area contributed by atoms with E-state index in [2.05, 4.69) is 16.8 Å². The minimum atomic E-state index is -0.386. The summed E-state index contributed by atoms with van der Waals surface area (Å²) < 4.78 is 4.73.